The van der Waals surface area contributed by atoms with E-state index in [0.717, 1.165) is 0 Å². The van der Waals surface area contributed by atoms with Gasteiger partial charge in [-0.15, -0.1) is 0 Å². The zero-order valence-corrected chi connectivity index (χ0v) is 12.2. The van der Waals surface area contributed by atoms with Gasteiger partial charge in [-0.25, -0.2) is 0 Å². The van der Waals surface area contributed by atoms with Crippen molar-refractivity contribution in [2.75, 3.05) is 13.2 Å². The molecule has 0 unspecified atom stereocenters. The highest BCUT2D eigenvalue weighted by atomic mass is 16.6. The first-order chi connectivity index (χ1) is 9.80. The number of rotatable bonds is 10. The van der Waals surface area contributed by atoms with Crippen LogP contribution in [0.1, 0.15) is 39.5 Å². The summed E-state index contributed by atoms with van der Waals surface area (Å²) in [6, 6.07) is 0. The van der Waals surface area contributed by atoms with Crippen LogP contribution < -0.4 is 10.8 Å². The van der Waals surface area contributed by atoms with E-state index >= 15 is 0 Å². The van der Waals surface area contributed by atoms with Crippen LogP contribution in [0.5, 0.6) is 0 Å². The van der Waals surface area contributed by atoms with Crippen LogP contribution in [0, 0.1) is 5.41 Å². The predicted molar refractivity (Wildman–Crippen MR) is 68.4 cm³/mol. The summed E-state index contributed by atoms with van der Waals surface area (Å²) in [6.45, 7) is 3.09. The Bertz CT molecular complexity index is 367. The van der Waals surface area contributed by atoms with Crippen molar-refractivity contribution in [1.29, 1.82) is 0 Å². The molecule has 0 fully saturated rings. The van der Waals surface area contributed by atoms with Crippen LogP contribution in [0.4, 0.5) is 0 Å². The topological polar surface area (TPSA) is 136 Å². The molecule has 0 aromatic heterocycles. The van der Waals surface area contributed by atoms with Gasteiger partial charge in [-0.2, -0.15) is 0 Å². The molecule has 0 aliphatic heterocycles. The van der Waals surface area contributed by atoms with E-state index in [-0.39, 0.29) is 32.5 Å². The molecule has 1 amide bonds. The van der Waals surface area contributed by atoms with Crippen LogP contribution in [-0.4, -0.2) is 37.0 Å². The second-order valence-corrected chi connectivity index (χ2v) is 4.36. The number of carboxylic acid groups (broad SMARTS) is 1. The third kappa shape index (κ3) is 5.80. The fourth-order valence-corrected chi connectivity index (χ4v) is 1.81. The summed E-state index contributed by atoms with van der Waals surface area (Å²) in [5.41, 5.74) is 3.17. The van der Waals surface area contributed by atoms with Gasteiger partial charge < -0.3 is 25.1 Å². The Kier molecular flexibility index (Phi) is 8.03. The number of ether oxygens (including phenoxy) is 2. The number of hydrogen-bond donors (Lipinski definition) is 1. The molecule has 2 N–H and O–H groups in total. The van der Waals surface area contributed by atoms with Crippen molar-refractivity contribution >= 4 is 23.8 Å². The fraction of sp³-hybridized carbons (Fsp3) is 0.692. The second-order valence-electron chi connectivity index (χ2n) is 4.36. The van der Waals surface area contributed by atoms with Gasteiger partial charge in [-0.05, 0) is 33.1 Å². The summed E-state index contributed by atoms with van der Waals surface area (Å²) in [5.74, 6) is -4.00. The van der Waals surface area contributed by atoms with E-state index in [0.29, 0.717) is 0 Å². The number of primary amides is 1. The molecular formula is C13H20NO7-. The fourth-order valence-electron chi connectivity index (χ4n) is 1.81. The molecule has 0 aromatic rings. The number of carbonyl (C=O) groups is 4. The molecule has 0 heterocycles. The van der Waals surface area contributed by atoms with Crippen LogP contribution in [0.25, 0.3) is 0 Å². The molecule has 0 radical (unpaired) electrons. The number of nitrogens with two attached hydrogens (primary N) is 1. The van der Waals surface area contributed by atoms with Crippen LogP contribution in [0.3, 0.4) is 0 Å². The van der Waals surface area contributed by atoms with Gasteiger partial charge in [0.15, 0.2) is 5.41 Å². The first kappa shape index (κ1) is 18.9. The van der Waals surface area contributed by atoms with Gasteiger partial charge in [0.2, 0.25) is 5.91 Å². The van der Waals surface area contributed by atoms with E-state index < -0.39 is 35.7 Å². The van der Waals surface area contributed by atoms with Gasteiger partial charge in [0.1, 0.15) is 0 Å². The average molecular weight is 302 g/mol. The summed E-state index contributed by atoms with van der Waals surface area (Å²) in [6.07, 6.45) is -1.46. The molecule has 0 saturated carbocycles. The normalized spacial score (nSPS) is 10.8. The summed E-state index contributed by atoms with van der Waals surface area (Å²) >= 11 is 0. The highest BCUT2D eigenvalue weighted by Crippen LogP contribution is 2.33. The Hall–Kier alpha value is -2.12. The Labute approximate surface area is 122 Å². The van der Waals surface area contributed by atoms with Crippen molar-refractivity contribution in [1.82, 2.24) is 0 Å². The molecule has 0 atom stereocenters. The molecule has 21 heavy (non-hydrogen) atoms. The number of esters is 2. The standard InChI is InChI=1S/C13H21NO7/c1-3-20-11(18)13(7-5-9(14)15,8-6-10(16)17)12(19)21-4-2/h3-8H2,1-2H3,(H2,14,15)(H,16,17)/p-1. The third-order valence-corrected chi connectivity index (χ3v) is 2.89. The Morgan fingerprint density at radius 1 is 0.952 bits per heavy atom. The number of aliphatic carboxylic acids is 1. The lowest BCUT2D eigenvalue weighted by Gasteiger charge is -2.29. The number of amides is 1. The smallest absolute Gasteiger partial charge is 0.323 e. The molecule has 0 aromatic carbocycles. The molecule has 8 heteroatoms. The Morgan fingerprint density at radius 3 is 1.71 bits per heavy atom. The van der Waals surface area contributed by atoms with E-state index in [9.17, 15) is 24.3 Å². The minimum atomic E-state index is -1.86. The highest BCUT2D eigenvalue weighted by Gasteiger charge is 2.48. The minimum Gasteiger partial charge on any atom is -0.550 e. The van der Waals surface area contributed by atoms with Crippen molar-refractivity contribution in [3.05, 3.63) is 0 Å². The Balaban J connectivity index is 5.44. The second kappa shape index (κ2) is 8.93. The molecular weight excluding hydrogens is 282 g/mol. The maximum absolute atomic E-state index is 12.1. The zero-order chi connectivity index (χ0) is 16.5. The first-order valence-electron chi connectivity index (χ1n) is 6.62. The molecule has 0 aliphatic carbocycles. The number of hydrogen-bond acceptors (Lipinski definition) is 7. The van der Waals surface area contributed by atoms with Gasteiger partial charge in [0, 0.05) is 12.4 Å². The minimum absolute atomic E-state index is 0.00187. The molecule has 0 bridgehead atoms. The molecule has 0 spiro atoms. The van der Waals surface area contributed by atoms with E-state index in [1.54, 1.807) is 13.8 Å². The highest BCUT2D eigenvalue weighted by molar-refractivity contribution is 6.00. The molecule has 0 aliphatic rings. The predicted octanol–water partition coefficient (Wildman–Crippen LogP) is -1.11. The largest absolute Gasteiger partial charge is 0.550 e. The summed E-state index contributed by atoms with van der Waals surface area (Å²) in [4.78, 5) is 45.8. The molecule has 0 rings (SSSR count). The van der Waals surface area contributed by atoms with E-state index in [1.807, 2.05) is 0 Å². The maximum Gasteiger partial charge on any atom is 0.323 e. The maximum atomic E-state index is 12.1. The summed E-state index contributed by atoms with van der Waals surface area (Å²) in [7, 11) is 0. The lowest BCUT2D eigenvalue weighted by atomic mass is 9.78. The monoisotopic (exact) mass is 302 g/mol. The van der Waals surface area contributed by atoms with E-state index in [1.165, 1.54) is 0 Å². The van der Waals surface area contributed by atoms with Crippen molar-refractivity contribution in [2.24, 2.45) is 11.1 Å². The van der Waals surface area contributed by atoms with E-state index in [4.69, 9.17) is 15.2 Å². The Morgan fingerprint density at radius 2 is 1.38 bits per heavy atom. The molecule has 8 nitrogen and oxygen atoms in total. The average Bonchev–Trinajstić information content (AvgIpc) is 2.39. The van der Waals surface area contributed by atoms with Crippen molar-refractivity contribution in [3.63, 3.8) is 0 Å². The van der Waals surface area contributed by atoms with E-state index in [2.05, 4.69) is 0 Å². The van der Waals surface area contributed by atoms with Gasteiger partial charge in [0.05, 0.1) is 13.2 Å². The SMILES string of the molecule is CCOC(=O)C(CCC(N)=O)(CCC(=O)[O-])C(=O)OCC. The first-order valence-corrected chi connectivity index (χ1v) is 6.62. The van der Waals surface area contributed by atoms with Gasteiger partial charge in [-0.1, -0.05) is 0 Å². The summed E-state index contributed by atoms with van der Waals surface area (Å²) in [5, 5.41) is 10.6. The number of carbonyl (C=O) groups excluding carboxylic acids is 4. The van der Waals surface area contributed by atoms with Crippen LogP contribution in [0.2, 0.25) is 0 Å². The van der Waals surface area contributed by atoms with Crippen LogP contribution >= 0.6 is 0 Å². The number of carboxylic acids is 1. The lowest BCUT2D eigenvalue weighted by Crippen LogP contribution is -2.44. The van der Waals surface area contributed by atoms with Gasteiger partial charge in [-0.3, -0.25) is 14.4 Å². The van der Waals surface area contributed by atoms with Crippen molar-refractivity contribution < 1.29 is 33.8 Å². The summed E-state index contributed by atoms with van der Waals surface area (Å²) < 4.78 is 9.67. The van der Waals surface area contributed by atoms with Crippen LogP contribution in [0.15, 0.2) is 0 Å². The van der Waals surface area contributed by atoms with Gasteiger partial charge in [0.25, 0.3) is 0 Å². The van der Waals surface area contributed by atoms with Gasteiger partial charge >= 0.3 is 11.9 Å². The molecule has 120 valence electrons. The quantitative estimate of drug-likeness (QED) is 0.399. The van der Waals surface area contributed by atoms with Crippen molar-refractivity contribution in [2.45, 2.75) is 39.5 Å². The lowest BCUT2D eigenvalue weighted by molar-refractivity contribution is -0.306. The van der Waals surface area contributed by atoms with Crippen molar-refractivity contribution in [3.8, 4) is 0 Å². The van der Waals surface area contributed by atoms with Crippen LogP contribution in [-0.2, 0) is 28.7 Å². The zero-order valence-electron chi connectivity index (χ0n) is 12.2. The molecule has 0 saturated heterocycles. The third-order valence-electron chi connectivity index (χ3n) is 2.89.